The van der Waals surface area contributed by atoms with Crippen molar-refractivity contribution in [2.75, 3.05) is 12.4 Å². The van der Waals surface area contributed by atoms with Crippen molar-refractivity contribution in [3.05, 3.63) is 48.5 Å². The van der Waals surface area contributed by atoms with E-state index in [-0.39, 0.29) is 5.92 Å². The average Bonchev–Trinajstić information content (AvgIpc) is 3.19. The van der Waals surface area contributed by atoms with E-state index >= 15 is 0 Å². The predicted octanol–water partition coefficient (Wildman–Crippen LogP) is 3.27. The van der Waals surface area contributed by atoms with E-state index < -0.39 is 11.9 Å². The minimum absolute atomic E-state index is 0.286. The number of nitrogens with zero attached hydrogens (tertiary/aromatic N) is 4. The molecule has 0 bridgehead atoms. The number of nitrogens with one attached hydrogen (secondary N) is 1. The summed E-state index contributed by atoms with van der Waals surface area (Å²) in [5.74, 6) is 1.54. The van der Waals surface area contributed by atoms with Crippen LogP contribution < -0.4 is 15.8 Å². The number of fused-ring (bicyclic) bond motifs is 3. The normalized spacial score (nSPS) is 12.4. The van der Waals surface area contributed by atoms with Crippen molar-refractivity contribution >= 4 is 28.4 Å². The van der Waals surface area contributed by atoms with Gasteiger partial charge in [0.25, 0.3) is 0 Å². The van der Waals surface area contributed by atoms with Gasteiger partial charge in [0.05, 0.1) is 12.6 Å². The molecule has 0 aliphatic carbocycles. The van der Waals surface area contributed by atoms with Crippen molar-refractivity contribution in [1.82, 2.24) is 19.6 Å². The lowest BCUT2D eigenvalue weighted by Crippen LogP contribution is -2.37. The van der Waals surface area contributed by atoms with Crippen molar-refractivity contribution < 1.29 is 9.53 Å². The smallest absolute Gasteiger partial charge is 0.240 e. The number of methoxy groups -OCH3 is 1. The zero-order chi connectivity index (χ0) is 21.3. The number of para-hydroxylation sites is 1. The van der Waals surface area contributed by atoms with Crippen LogP contribution in [0.25, 0.3) is 27.9 Å². The van der Waals surface area contributed by atoms with E-state index in [4.69, 9.17) is 20.4 Å². The van der Waals surface area contributed by atoms with Crippen LogP contribution in [0.2, 0.25) is 0 Å². The predicted molar refractivity (Wildman–Crippen MR) is 116 cm³/mol. The van der Waals surface area contributed by atoms with E-state index in [0.717, 1.165) is 22.2 Å². The van der Waals surface area contributed by atoms with E-state index in [1.54, 1.807) is 11.6 Å². The molecule has 2 aromatic carbocycles. The van der Waals surface area contributed by atoms with Crippen molar-refractivity contribution in [2.45, 2.75) is 26.3 Å². The van der Waals surface area contributed by atoms with Crippen LogP contribution in [-0.4, -0.2) is 38.6 Å². The maximum atomic E-state index is 12.0. The summed E-state index contributed by atoms with van der Waals surface area (Å²) in [4.78, 5) is 21.5. The lowest BCUT2D eigenvalue weighted by Gasteiger charge is -2.18. The van der Waals surface area contributed by atoms with Gasteiger partial charge < -0.3 is 15.8 Å². The van der Waals surface area contributed by atoms with Crippen LogP contribution >= 0.6 is 0 Å². The molecule has 30 heavy (non-hydrogen) atoms. The molecule has 0 radical (unpaired) electrons. The lowest BCUT2D eigenvalue weighted by atomic mass is 10.0. The SMILES string of the molecule is COc1cccc(-c2nc3c4ccccc4nc(N[C@H](CC(C)C)C(N)=O)n3n2)c1. The molecular weight excluding hydrogens is 380 g/mol. The number of carbonyl (C=O) groups is 1. The molecule has 4 rings (SSSR count). The van der Waals surface area contributed by atoms with Gasteiger partial charge in [-0.1, -0.05) is 38.1 Å². The number of aromatic nitrogens is 4. The zero-order valence-electron chi connectivity index (χ0n) is 17.2. The Labute approximate surface area is 174 Å². The molecule has 1 amide bonds. The van der Waals surface area contributed by atoms with E-state index in [0.29, 0.717) is 23.8 Å². The average molecular weight is 404 g/mol. The largest absolute Gasteiger partial charge is 0.497 e. The molecular formula is C22H24N6O2. The first-order valence-corrected chi connectivity index (χ1v) is 9.82. The number of primary amides is 1. The molecule has 0 aliphatic rings. The van der Waals surface area contributed by atoms with Crippen molar-refractivity contribution in [1.29, 1.82) is 0 Å². The Kier molecular flexibility index (Phi) is 5.22. The first kappa shape index (κ1) is 19.6. The number of benzene rings is 2. The standard InChI is InChI=1S/C22H24N6O2/c1-13(2)11-18(19(23)29)25-22-24-17-10-5-4-9-16(17)21-26-20(27-28(21)22)14-7-6-8-15(12-14)30-3/h4-10,12-13,18H,11H2,1-3H3,(H2,23,29)(H,24,25)/t18-/m1/s1. The summed E-state index contributed by atoms with van der Waals surface area (Å²) in [6.45, 7) is 4.08. The Balaban J connectivity index is 1.88. The van der Waals surface area contributed by atoms with Crippen LogP contribution in [0.15, 0.2) is 48.5 Å². The second-order valence-electron chi connectivity index (χ2n) is 7.58. The molecule has 0 fully saturated rings. The third-order valence-electron chi connectivity index (χ3n) is 4.86. The highest BCUT2D eigenvalue weighted by Crippen LogP contribution is 2.26. The van der Waals surface area contributed by atoms with Crippen LogP contribution in [0, 0.1) is 5.92 Å². The van der Waals surface area contributed by atoms with Crippen LogP contribution in [0.4, 0.5) is 5.95 Å². The Morgan fingerprint density at radius 1 is 1.17 bits per heavy atom. The highest BCUT2D eigenvalue weighted by molar-refractivity contribution is 5.93. The van der Waals surface area contributed by atoms with Gasteiger partial charge in [0.1, 0.15) is 11.8 Å². The Bertz CT molecular complexity index is 1220. The summed E-state index contributed by atoms with van der Waals surface area (Å²) in [5, 5.41) is 8.72. The van der Waals surface area contributed by atoms with Gasteiger partial charge in [-0.25, -0.2) is 9.97 Å². The summed E-state index contributed by atoms with van der Waals surface area (Å²) in [5.41, 5.74) is 7.85. The third-order valence-corrected chi connectivity index (χ3v) is 4.86. The van der Waals surface area contributed by atoms with Crippen molar-refractivity contribution in [2.24, 2.45) is 11.7 Å². The molecule has 0 spiro atoms. The Morgan fingerprint density at radius 2 is 1.97 bits per heavy atom. The molecule has 4 aromatic rings. The fourth-order valence-corrected chi connectivity index (χ4v) is 3.41. The van der Waals surface area contributed by atoms with Crippen LogP contribution in [0.3, 0.4) is 0 Å². The fraction of sp³-hybridized carbons (Fsp3) is 0.273. The summed E-state index contributed by atoms with van der Waals surface area (Å²) in [7, 11) is 1.62. The monoisotopic (exact) mass is 404 g/mol. The molecule has 0 aliphatic heterocycles. The molecule has 3 N–H and O–H groups in total. The third kappa shape index (κ3) is 3.76. The summed E-state index contributed by atoms with van der Waals surface area (Å²) in [6.07, 6.45) is 0.586. The van der Waals surface area contributed by atoms with Crippen LogP contribution in [-0.2, 0) is 4.79 Å². The number of hydrogen-bond acceptors (Lipinski definition) is 6. The van der Waals surface area contributed by atoms with E-state index in [1.807, 2.05) is 62.4 Å². The number of rotatable bonds is 7. The number of ether oxygens (including phenoxy) is 1. The minimum Gasteiger partial charge on any atom is -0.497 e. The van der Waals surface area contributed by atoms with Crippen LogP contribution in [0.1, 0.15) is 20.3 Å². The first-order valence-electron chi connectivity index (χ1n) is 9.82. The fourth-order valence-electron chi connectivity index (χ4n) is 3.41. The molecule has 2 aromatic heterocycles. The molecule has 1 atom stereocenters. The molecule has 154 valence electrons. The maximum Gasteiger partial charge on any atom is 0.240 e. The topological polar surface area (TPSA) is 107 Å². The minimum atomic E-state index is -0.564. The van der Waals surface area contributed by atoms with E-state index in [1.165, 1.54) is 0 Å². The second-order valence-corrected chi connectivity index (χ2v) is 7.58. The highest BCUT2D eigenvalue weighted by atomic mass is 16.5. The maximum absolute atomic E-state index is 12.0. The molecule has 8 heteroatoms. The van der Waals surface area contributed by atoms with Gasteiger partial charge in [-0.15, -0.1) is 5.10 Å². The molecule has 0 saturated carbocycles. The van der Waals surface area contributed by atoms with Gasteiger partial charge in [0.2, 0.25) is 11.9 Å². The molecule has 0 unspecified atom stereocenters. The summed E-state index contributed by atoms with van der Waals surface area (Å²) < 4.78 is 6.95. The quantitative estimate of drug-likeness (QED) is 0.489. The van der Waals surface area contributed by atoms with Gasteiger partial charge in [0.15, 0.2) is 11.5 Å². The van der Waals surface area contributed by atoms with E-state index in [2.05, 4.69) is 10.4 Å². The second kappa shape index (κ2) is 7.98. The van der Waals surface area contributed by atoms with Gasteiger partial charge in [-0.05, 0) is 36.6 Å². The van der Waals surface area contributed by atoms with Gasteiger partial charge >= 0.3 is 0 Å². The first-order chi connectivity index (χ1) is 14.5. The number of anilines is 1. The van der Waals surface area contributed by atoms with Gasteiger partial charge in [-0.3, -0.25) is 4.79 Å². The van der Waals surface area contributed by atoms with Crippen LogP contribution in [0.5, 0.6) is 5.75 Å². The van der Waals surface area contributed by atoms with Crippen molar-refractivity contribution in [3.63, 3.8) is 0 Å². The Hall–Kier alpha value is -3.68. The Morgan fingerprint density at radius 3 is 2.70 bits per heavy atom. The number of amides is 1. The zero-order valence-corrected chi connectivity index (χ0v) is 17.2. The molecule has 2 heterocycles. The lowest BCUT2D eigenvalue weighted by molar-refractivity contribution is -0.119. The molecule has 0 saturated heterocycles. The van der Waals surface area contributed by atoms with E-state index in [9.17, 15) is 4.79 Å². The number of carbonyl (C=O) groups excluding carboxylic acids is 1. The highest BCUT2D eigenvalue weighted by Gasteiger charge is 2.21. The van der Waals surface area contributed by atoms with Crippen molar-refractivity contribution in [3.8, 4) is 17.1 Å². The van der Waals surface area contributed by atoms with Gasteiger partial charge in [-0.2, -0.15) is 4.52 Å². The summed E-state index contributed by atoms with van der Waals surface area (Å²) in [6, 6.07) is 14.7. The number of hydrogen-bond donors (Lipinski definition) is 2. The molecule has 8 nitrogen and oxygen atoms in total. The van der Waals surface area contributed by atoms with Gasteiger partial charge in [0, 0.05) is 10.9 Å². The summed E-state index contributed by atoms with van der Waals surface area (Å²) >= 11 is 0. The number of nitrogens with two attached hydrogens (primary N) is 1.